The number of thiophene rings is 1. The number of aryl methyl sites for hydroxylation is 2. The van der Waals surface area contributed by atoms with Crippen molar-refractivity contribution in [2.45, 2.75) is 56.0 Å². The van der Waals surface area contributed by atoms with E-state index >= 15 is 0 Å². The van der Waals surface area contributed by atoms with Crippen molar-refractivity contribution in [1.82, 2.24) is 10.2 Å². The number of nitrogens with one attached hydrogen (secondary N) is 1. The molecule has 0 bridgehead atoms. The molecule has 0 fully saturated rings. The van der Waals surface area contributed by atoms with E-state index < -0.39 is 0 Å². The van der Waals surface area contributed by atoms with E-state index in [9.17, 15) is 9.59 Å². The quantitative estimate of drug-likeness (QED) is 0.570. The zero-order valence-corrected chi connectivity index (χ0v) is 17.4. The number of esters is 1. The molecule has 2 aromatic rings. The molecule has 1 atom stereocenters. The normalized spacial score (nSPS) is 14.6. The molecule has 2 heterocycles. The minimum absolute atomic E-state index is 0.146. The van der Waals surface area contributed by atoms with Gasteiger partial charge in [-0.1, -0.05) is 23.1 Å². The van der Waals surface area contributed by atoms with Crippen LogP contribution in [-0.2, 0) is 22.4 Å². The standard InChI is InChI=1S/C17H21N3O3S3/c1-4-23-16(22)13-11-7-5-6-8-12(11)26-15(13)18-14(21)9(2)24-17-20-19-10(3)25-17/h9H,4-8H2,1-3H3,(H,18,21). The van der Waals surface area contributed by atoms with Gasteiger partial charge in [-0.3, -0.25) is 4.79 Å². The van der Waals surface area contributed by atoms with E-state index in [4.69, 9.17) is 4.74 Å². The minimum Gasteiger partial charge on any atom is -0.462 e. The fraction of sp³-hybridized carbons (Fsp3) is 0.529. The number of carbonyl (C=O) groups excluding carboxylic acids is 2. The van der Waals surface area contributed by atoms with Crippen LogP contribution in [0.1, 0.15) is 52.5 Å². The molecule has 0 radical (unpaired) electrons. The molecular weight excluding hydrogens is 390 g/mol. The maximum absolute atomic E-state index is 12.6. The first kappa shape index (κ1) is 19.3. The van der Waals surface area contributed by atoms with Crippen molar-refractivity contribution in [2.24, 2.45) is 0 Å². The predicted octanol–water partition coefficient (Wildman–Crippen LogP) is 4.08. The molecule has 0 saturated heterocycles. The Bertz CT molecular complexity index is 816. The first-order valence-electron chi connectivity index (χ1n) is 8.58. The van der Waals surface area contributed by atoms with Crippen molar-refractivity contribution >= 4 is 51.3 Å². The van der Waals surface area contributed by atoms with Crippen molar-refractivity contribution in [1.29, 1.82) is 0 Å². The molecule has 1 aliphatic carbocycles. The van der Waals surface area contributed by atoms with Gasteiger partial charge >= 0.3 is 5.97 Å². The summed E-state index contributed by atoms with van der Waals surface area (Å²) in [6.45, 7) is 5.82. The van der Waals surface area contributed by atoms with Crippen LogP contribution in [0.5, 0.6) is 0 Å². The average molecular weight is 412 g/mol. The Morgan fingerprint density at radius 2 is 2.04 bits per heavy atom. The van der Waals surface area contributed by atoms with Crippen LogP contribution in [0.15, 0.2) is 4.34 Å². The van der Waals surface area contributed by atoms with E-state index in [0.717, 1.165) is 40.6 Å². The average Bonchev–Trinajstić information content (AvgIpc) is 3.17. The highest BCUT2D eigenvalue weighted by atomic mass is 32.2. The molecule has 1 unspecified atom stereocenters. The second-order valence-corrected chi connectivity index (χ2v) is 9.85. The Hall–Kier alpha value is -1.45. The third-order valence-corrected chi connectivity index (χ3v) is 7.27. The molecular formula is C17H21N3O3S3. The Labute approximate surface area is 164 Å². The van der Waals surface area contributed by atoms with E-state index in [1.165, 1.54) is 39.3 Å². The smallest absolute Gasteiger partial charge is 0.341 e. The van der Waals surface area contributed by atoms with Crippen LogP contribution >= 0.6 is 34.4 Å². The maximum atomic E-state index is 12.6. The molecule has 0 aromatic carbocycles. The molecule has 2 aromatic heterocycles. The number of aromatic nitrogens is 2. The number of hydrogen-bond acceptors (Lipinski definition) is 8. The highest BCUT2D eigenvalue weighted by Gasteiger charge is 2.28. The summed E-state index contributed by atoms with van der Waals surface area (Å²) in [4.78, 5) is 26.3. The Morgan fingerprint density at radius 1 is 1.27 bits per heavy atom. The first-order chi connectivity index (χ1) is 12.5. The number of amides is 1. The van der Waals surface area contributed by atoms with Crippen molar-refractivity contribution in [3.05, 3.63) is 21.0 Å². The highest BCUT2D eigenvalue weighted by Crippen LogP contribution is 2.39. The van der Waals surface area contributed by atoms with Crippen LogP contribution in [-0.4, -0.2) is 33.9 Å². The minimum atomic E-state index is -0.345. The summed E-state index contributed by atoms with van der Waals surface area (Å²) in [6.07, 6.45) is 4.00. The van der Waals surface area contributed by atoms with E-state index in [0.29, 0.717) is 17.2 Å². The Morgan fingerprint density at radius 3 is 2.73 bits per heavy atom. The topological polar surface area (TPSA) is 81.2 Å². The molecule has 9 heteroatoms. The molecule has 3 rings (SSSR count). The number of anilines is 1. The van der Waals surface area contributed by atoms with Gasteiger partial charge in [-0.15, -0.1) is 21.5 Å². The fourth-order valence-electron chi connectivity index (χ4n) is 2.82. The summed E-state index contributed by atoms with van der Waals surface area (Å²) in [5.74, 6) is -0.491. The van der Waals surface area contributed by atoms with Crippen LogP contribution in [0.2, 0.25) is 0 Å². The molecule has 26 heavy (non-hydrogen) atoms. The number of fused-ring (bicyclic) bond motifs is 1. The summed E-state index contributed by atoms with van der Waals surface area (Å²) in [6, 6.07) is 0. The Kier molecular flexibility index (Phi) is 6.31. The van der Waals surface area contributed by atoms with Gasteiger partial charge in [0.05, 0.1) is 17.4 Å². The SMILES string of the molecule is CCOC(=O)c1c(NC(=O)C(C)Sc2nnc(C)s2)sc2c1CCCC2. The first-order valence-corrected chi connectivity index (χ1v) is 11.1. The van der Waals surface area contributed by atoms with E-state index in [2.05, 4.69) is 15.5 Å². The lowest BCUT2D eigenvalue weighted by Gasteiger charge is -2.13. The highest BCUT2D eigenvalue weighted by molar-refractivity contribution is 8.02. The Balaban J connectivity index is 1.78. The molecule has 0 spiro atoms. The lowest BCUT2D eigenvalue weighted by molar-refractivity contribution is -0.115. The second kappa shape index (κ2) is 8.49. The predicted molar refractivity (Wildman–Crippen MR) is 106 cm³/mol. The molecule has 140 valence electrons. The largest absolute Gasteiger partial charge is 0.462 e. The van der Waals surface area contributed by atoms with E-state index in [1.807, 2.05) is 13.8 Å². The molecule has 1 N–H and O–H groups in total. The molecule has 1 aliphatic rings. The van der Waals surface area contributed by atoms with E-state index in [-0.39, 0.29) is 17.1 Å². The van der Waals surface area contributed by atoms with Gasteiger partial charge in [0.25, 0.3) is 0 Å². The van der Waals surface area contributed by atoms with Gasteiger partial charge in [-0.2, -0.15) is 0 Å². The van der Waals surface area contributed by atoms with Gasteiger partial charge in [-0.25, -0.2) is 4.79 Å². The molecule has 0 aliphatic heterocycles. The van der Waals surface area contributed by atoms with Crippen LogP contribution in [0.4, 0.5) is 5.00 Å². The van der Waals surface area contributed by atoms with Crippen molar-refractivity contribution < 1.29 is 14.3 Å². The summed E-state index contributed by atoms with van der Waals surface area (Å²) in [5.41, 5.74) is 1.60. The van der Waals surface area contributed by atoms with Gasteiger partial charge in [-0.05, 0) is 52.0 Å². The zero-order chi connectivity index (χ0) is 18.7. The molecule has 6 nitrogen and oxygen atoms in total. The second-order valence-electron chi connectivity index (χ2n) is 5.97. The number of ether oxygens (including phenoxy) is 1. The summed E-state index contributed by atoms with van der Waals surface area (Å²) in [5, 5.41) is 12.1. The van der Waals surface area contributed by atoms with Gasteiger partial charge < -0.3 is 10.1 Å². The molecule has 0 saturated carbocycles. The van der Waals surface area contributed by atoms with Crippen molar-refractivity contribution in [3.8, 4) is 0 Å². The van der Waals surface area contributed by atoms with Crippen molar-refractivity contribution in [3.63, 3.8) is 0 Å². The third kappa shape index (κ3) is 4.27. The number of hydrogen-bond donors (Lipinski definition) is 1. The number of rotatable bonds is 6. The van der Waals surface area contributed by atoms with Gasteiger partial charge in [0, 0.05) is 4.88 Å². The van der Waals surface area contributed by atoms with Gasteiger partial charge in [0.15, 0.2) is 4.34 Å². The summed E-state index contributed by atoms with van der Waals surface area (Å²) >= 11 is 4.34. The molecule has 1 amide bonds. The number of nitrogens with zero attached hydrogens (tertiary/aromatic N) is 2. The van der Waals surface area contributed by atoms with Crippen LogP contribution in [0.3, 0.4) is 0 Å². The lowest BCUT2D eigenvalue weighted by atomic mass is 9.95. The van der Waals surface area contributed by atoms with Crippen molar-refractivity contribution in [2.75, 3.05) is 11.9 Å². The number of carbonyl (C=O) groups is 2. The van der Waals surface area contributed by atoms with Crippen LogP contribution in [0.25, 0.3) is 0 Å². The van der Waals surface area contributed by atoms with E-state index in [1.54, 1.807) is 6.92 Å². The van der Waals surface area contributed by atoms with Crippen LogP contribution in [0, 0.1) is 6.92 Å². The third-order valence-electron chi connectivity index (χ3n) is 4.04. The summed E-state index contributed by atoms with van der Waals surface area (Å²) in [7, 11) is 0. The van der Waals surface area contributed by atoms with Gasteiger partial charge in [0.2, 0.25) is 5.91 Å². The van der Waals surface area contributed by atoms with Gasteiger partial charge in [0.1, 0.15) is 10.0 Å². The number of thioether (sulfide) groups is 1. The van der Waals surface area contributed by atoms with Crippen LogP contribution < -0.4 is 5.32 Å². The summed E-state index contributed by atoms with van der Waals surface area (Å²) < 4.78 is 5.99. The zero-order valence-electron chi connectivity index (χ0n) is 15.0. The maximum Gasteiger partial charge on any atom is 0.341 e. The fourth-order valence-corrected chi connectivity index (χ4v) is 6.06. The monoisotopic (exact) mass is 411 g/mol. The lowest BCUT2D eigenvalue weighted by Crippen LogP contribution is -2.23.